The first kappa shape index (κ1) is 16.1. The molecule has 1 fully saturated rings. The molecule has 2 aromatic carbocycles. The summed E-state index contributed by atoms with van der Waals surface area (Å²) in [5.74, 6) is 0.787. The van der Waals surface area contributed by atoms with Gasteiger partial charge < -0.3 is 19.6 Å². The van der Waals surface area contributed by atoms with Gasteiger partial charge in [0, 0.05) is 12.1 Å². The largest absolute Gasteiger partial charge is 0.397 e. The van der Waals surface area contributed by atoms with Crippen molar-refractivity contribution in [2.45, 2.75) is 26.5 Å². The Morgan fingerprint density at radius 1 is 1.19 bits per heavy atom. The van der Waals surface area contributed by atoms with Crippen molar-refractivity contribution in [1.82, 2.24) is 14.7 Å². The predicted molar refractivity (Wildman–Crippen MR) is 103 cm³/mol. The minimum Gasteiger partial charge on any atom is -0.397 e. The summed E-state index contributed by atoms with van der Waals surface area (Å²) in [6, 6.07) is 12.6. The number of epoxide rings is 1. The van der Waals surface area contributed by atoms with Crippen LogP contribution in [0, 0.1) is 13.8 Å². The third kappa shape index (κ3) is 2.78. The first-order chi connectivity index (χ1) is 13.1. The molecule has 2 aromatic heterocycles. The molecule has 1 aliphatic rings. The van der Waals surface area contributed by atoms with Gasteiger partial charge in [0.15, 0.2) is 0 Å². The average Bonchev–Trinajstić information content (AvgIpc) is 3.35. The van der Waals surface area contributed by atoms with E-state index in [-0.39, 0.29) is 6.10 Å². The highest BCUT2D eigenvalue weighted by atomic mass is 16.6. The average molecular weight is 360 g/mol. The number of hydrogen-bond acceptors (Lipinski definition) is 5. The van der Waals surface area contributed by atoms with Crippen molar-refractivity contribution >= 4 is 16.7 Å². The van der Waals surface area contributed by atoms with E-state index in [1.165, 1.54) is 11.1 Å². The third-order valence-electron chi connectivity index (χ3n) is 5.11. The van der Waals surface area contributed by atoms with E-state index in [4.69, 9.17) is 15.0 Å². The minimum absolute atomic E-state index is 0.283. The van der Waals surface area contributed by atoms with Gasteiger partial charge in [-0.2, -0.15) is 0 Å². The summed E-state index contributed by atoms with van der Waals surface area (Å²) in [4.78, 5) is 4.52. The lowest BCUT2D eigenvalue weighted by Gasteiger charge is -2.08. The zero-order valence-corrected chi connectivity index (χ0v) is 15.3. The number of nitrogen functional groups attached to an aromatic ring is 1. The van der Waals surface area contributed by atoms with E-state index < -0.39 is 0 Å². The van der Waals surface area contributed by atoms with Crippen LogP contribution in [0.5, 0.6) is 0 Å². The number of ether oxygens (including phenoxy) is 1. The molecule has 0 unspecified atom stereocenters. The fourth-order valence-electron chi connectivity index (χ4n) is 3.63. The Morgan fingerprint density at radius 2 is 1.96 bits per heavy atom. The van der Waals surface area contributed by atoms with Crippen molar-refractivity contribution in [3.05, 3.63) is 65.3 Å². The Balaban J connectivity index is 1.54. The molecule has 4 aromatic rings. The maximum absolute atomic E-state index is 6.29. The van der Waals surface area contributed by atoms with Gasteiger partial charge in [0.05, 0.1) is 29.8 Å². The number of nitrogens with two attached hydrogens (primary N) is 1. The van der Waals surface area contributed by atoms with Crippen LogP contribution in [0.4, 0.5) is 5.69 Å². The Bertz CT molecular complexity index is 1120. The molecule has 136 valence electrons. The van der Waals surface area contributed by atoms with E-state index in [1.54, 1.807) is 0 Å². The van der Waals surface area contributed by atoms with Gasteiger partial charge in [-0.05, 0) is 42.7 Å². The maximum Gasteiger partial charge on any atom is 0.141 e. The van der Waals surface area contributed by atoms with Crippen LogP contribution in [0.2, 0.25) is 0 Å². The Morgan fingerprint density at radius 3 is 2.63 bits per heavy atom. The molecular weight excluding hydrogens is 340 g/mol. The van der Waals surface area contributed by atoms with E-state index in [9.17, 15) is 0 Å². The van der Waals surface area contributed by atoms with Gasteiger partial charge in [-0.1, -0.05) is 29.4 Å². The van der Waals surface area contributed by atoms with Gasteiger partial charge in [0.2, 0.25) is 0 Å². The van der Waals surface area contributed by atoms with E-state index >= 15 is 0 Å². The number of benzene rings is 2. The fraction of sp³-hybridized carbons (Fsp3) is 0.238. The molecule has 3 heterocycles. The highest BCUT2D eigenvalue weighted by molar-refractivity contribution is 5.92. The van der Waals surface area contributed by atoms with Crippen LogP contribution < -0.4 is 5.73 Å². The summed E-state index contributed by atoms with van der Waals surface area (Å²) >= 11 is 0. The molecule has 0 saturated carbocycles. The lowest BCUT2D eigenvalue weighted by atomic mass is 10.0. The van der Waals surface area contributed by atoms with Gasteiger partial charge in [-0.25, -0.2) is 4.98 Å². The molecule has 1 atom stereocenters. The van der Waals surface area contributed by atoms with Gasteiger partial charge >= 0.3 is 0 Å². The predicted octanol–water partition coefficient (Wildman–Crippen LogP) is 4.01. The van der Waals surface area contributed by atoms with Crippen LogP contribution in [0.1, 0.15) is 28.7 Å². The van der Waals surface area contributed by atoms with E-state index in [1.807, 2.05) is 26.2 Å². The molecule has 0 amide bonds. The van der Waals surface area contributed by atoms with Crippen LogP contribution in [-0.2, 0) is 11.3 Å². The number of aryl methyl sites for hydroxylation is 2. The van der Waals surface area contributed by atoms with E-state index in [0.29, 0.717) is 5.69 Å². The standard InChI is InChI=1S/C21H20N4O2/c1-12-20(13(2)27-24-12)16-7-17(22)21-18(8-16)25(11-23-21)9-14-3-5-15(6-4-14)19-10-26-19/h3-8,11,19H,9-10,22H2,1-2H3/t19-/m0/s1. The molecule has 0 bridgehead atoms. The topological polar surface area (TPSA) is 82.4 Å². The molecule has 6 heteroatoms. The summed E-state index contributed by atoms with van der Waals surface area (Å²) in [5.41, 5.74) is 14.0. The zero-order valence-electron chi connectivity index (χ0n) is 15.3. The minimum atomic E-state index is 0.283. The lowest BCUT2D eigenvalue weighted by Crippen LogP contribution is -1.99. The Kier molecular flexibility index (Phi) is 3.55. The number of aromatic nitrogens is 3. The van der Waals surface area contributed by atoms with Crippen molar-refractivity contribution < 1.29 is 9.26 Å². The van der Waals surface area contributed by atoms with Gasteiger partial charge in [0.1, 0.15) is 17.4 Å². The van der Waals surface area contributed by atoms with Crippen LogP contribution in [0.3, 0.4) is 0 Å². The Labute approximate surface area is 156 Å². The van der Waals surface area contributed by atoms with Crippen molar-refractivity contribution in [2.24, 2.45) is 0 Å². The van der Waals surface area contributed by atoms with Crippen LogP contribution in [0.25, 0.3) is 22.2 Å². The van der Waals surface area contributed by atoms with Crippen molar-refractivity contribution in [2.75, 3.05) is 12.3 Å². The quantitative estimate of drug-likeness (QED) is 0.439. The van der Waals surface area contributed by atoms with Gasteiger partial charge in [-0.15, -0.1) is 0 Å². The van der Waals surface area contributed by atoms with Crippen molar-refractivity contribution in [3.8, 4) is 11.1 Å². The van der Waals surface area contributed by atoms with Crippen molar-refractivity contribution in [3.63, 3.8) is 0 Å². The van der Waals surface area contributed by atoms with E-state index in [0.717, 1.165) is 46.8 Å². The Hall–Kier alpha value is -3.12. The first-order valence-corrected chi connectivity index (χ1v) is 8.98. The molecule has 27 heavy (non-hydrogen) atoms. The van der Waals surface area contributed by atoms with Crippen molar-refractivity contribution in [1.29, 1.82) is 0 Å². The number of rotatable bonds is 4. The number of hydrogen-bond donors (Lipinski definition) is 1. The van der Waals surface area contributed by atoms with Crippen LogP contribution in [0.15, 0.2) is 47.2 Å². The molecular formula is C21H20N4O2. The number of nitrogens with zero attached hydrogens (tertiary/aromatic N) is 3. The molecule has 0 aliphatic carbocycles. The monoisotopic (exact) mass is 360 g/mol. The maximum atomic E-state index is 6.29. The molecule has 0 spiro atoms. The molecule has 6 nitrogen and oxygen atoms in total. The highest BCUT2D eigenvalue weighted by Gasteiger charge is 2.24. The normalized spacial score (nSPS) is 16.1. The van der Waals surface area contributed by atoms with Crippen LogP contribution >= 0.6 is 0 Å². The second kappa shape index (κ2) is 5.96. The molecule has 1 saturated heterocycles. The summed E-state index contributed by atoms with van der Waals surface area (Å²) < 4.78 is 12.8. The first-order valence-electron chi connectivity index (χ1n) is 8.98. The summed E-state index contributed by atoms with van der Waals surface area (Å²) in [6.07, 6.45) is 2.13. The SMILES string of the molecule is Cc1noc(C)c1-c1cc(N)c2ncn(Cc3ccc([C@@H]4CO4)cc3)c2c1. The molecule has 5 rings (SSSR count). The summed E-state index contributed by atoms with van der Waals surface area (Å²) in [6.45, 7) is 5.41. The third-order valence-corrected chi connectivity index (χ3v) is 5.11. The van der Waals surface area contributed by atoms with Gasteiger partial charge in [-0.3, -0.25) is 0 Å². The number of fused-ring (bicyclic) bond motifs is 1. The summed E-state index contributed by atoms with van der Waals surface area (Å²) in [7, 11) is 0. The van der Waals surface area contributed by atoms with E-state index in [2.05, 4.69) is 45.0 Å². The number of anilines is 1. The number of imidazole rings is 1. The lowest BCUT2D eigenvalue weighted by molar-refractivity contribution is 0.393. The van der Waals surface area contributed by atoms with Gasteiger partial charge in [0.25, 0.3) is 0 Å². The van der Waals surface area contributed by atoms with Crippen LogP contribution in [-0.4, -0.2) is 21.3 Å². The second-order valence-corrected chi connectivity index (χ2v) is 7.07. The zero-order chi connectivity index (χ0) is 18.5. The molecule has 0 radical (unpaired) electrons. The second-order valence-electron chi connectivity index (χ2n) is 7.07. The fourth-order valence-corrected chi connectivity index (χ4v) is 3.63. The highest BCUT2D eigenvalue weighted by Crippen LogP contribution is 2.33. The molecule has 1 aliphatic heterocycles. The summed E-state index contributed by atoms with van der Waals surface area (Å²) in [5, 5.41) is 4.06. The smallest absolute Gasteiger partial charge is 0.141 e. The molecule has 2 N–H and O–H groups in total.